The lowest BCUT2D eigenvalue weighted by atomic mass is 9.81. The molecule has 0 radical (unpaired) electrons. The number of anilines is 2. The molecule has 2 heteroatoms. The maximum absolute atomic E-state index is 6.15. The van der Waals surface area contributed by atoms with Gasteiger partial charge in [-0.15, -0.1) is 0 Å². The van der Waals surface area contributed by atoms with E-state index in [1.54, 1.807) is 0 Å². The molecule has 282 valence electrons. The number of nitrogens with one attached hydrogen (secondary N) is 1. The third-order valence-electron chi connectivity index (χ3n) is 11.8. The van der Waals surface area contributed by atoms with Crippen LogP contribution >= 0.6 is 0 Å². The zero-order chi connectivity index (χ0) is 39.8. The Kier molecular flexibility index (Phi) is 9.24. The van der Waals surface area contributed by atoms with Gasteiger partial charge in [0, 0.05) is 33.1 Å². The highest BCUT2D eigenvalue weighted by Gasteiger charge is 2.35. The third kappa shape index (κ3) is 6.89. The maximum atomic E-state index is 6.15. The van der Waals surface area contributed by atoms with Crippen LogP contribution in [0, 0.1) is 0 Å². The highest BCUT2D eigenvalue weighted by atomic mass is 16.3. The second-order valence-electron chi connectivity index (χ2n) is 15.8. The van der Waals surface area contributed by atoms with Crippen LogP contribution < -0.4 is 5.32 Å². The maximum Gasteiger partial charge on any atom is 0.143 e. The highest BCUT2D eigenvalue weighted by molar-refractivity contribution is 6.09. The monoisotopic (exact) mass is 757 g/mol. The van der Waals surface area contributed by atoms with Crippen LogP contribution in [-0.2, 0) is 5.41 Å². The zero-order valence-corrected chi connectivity index (χ0v) is 33.2. The van der Waals surface area contributed by atoms with Crippen molar-refractivity contribution >= 4 is 33.3 Å². The van der Waals surface area contributed by atoms with E-state index in [0.717, 1.165) is 28.1 Å². The predicted octanol–water partition coefficient (Wildman–Crippen LogP) is 16.0. The van der Waals surface area contributed by atoms with Gasteiger partial charge in [-0.2, -0.15) is 0 Å². The molecule has 11 rings (SSSR count). The summed E-state index contributed by atoms with van der Waals surface area (Å²) in [6.45, 7) is 4.68. The number of hydrogen-bond acceptors (Lipinski definition) is 2. The van der Waals surface area contributed by atoms with Crippen molar-refractivity contribution < 1.29 is 4.42 Å². The van der Waals surface area contributed by atoms with E-state index in [0.29, 0.717) is 0 Å². The Morgan fingerprint density at radius 2 is 0.797 bits per heavy atom. The van der Waals surface area contributed by atoms with Crippen molar-refractivity contribution in [2.75, 3.05) is 5.32 Å². The molecular formula is C57H43NO. The standard InChI is InChI=1S/C33H27N.C24H16O/c1-33(2)31-21-26(24-11-7-4-8-12-24)15-19-29(31)30-20-18-28(22-32(30)33)34-27-16-13-25(14-17-27)23-9-5-3-6-10-23;1-2-7-17(8-3-1)18-13-15-19(16-14-18)20-10-6-11-22-21-9-4-5-12-23(21)25-24(20)22/h3-22,34H,1-2H3;1-16H. The van der Waals surface area contributed by atoms with Crippen LogP contribution in [0.4, 0.5) is 11.4 Å². The molecule has 10 aromatic rings. The second kappa shape index (κ2) is 15.2. The quantitative estimate of drug-likeness (QED) is 0.183. The fourth-order valence-electron chi connectivity index (χ4n) is 8.62. The number of benzene rings is 9. The predicted molar refractivity (Wildman–Crippen MR) is 249 cm³/mol. The summed E-state index contributed by atoms with van der Waals surface area (Å²) in [5.74, 6) is 0. The van der Waals surface area contributed by atoms with E-state index in [-0.39, 0.29) is 5.41 Å². The van der Waals surface area contributed by atoms with Gasteiger partial charge in [0.15, 0.2) is 0 Å². The molecule has 9 aromatic carbocycles. The van der Waals surface area contributed by atoms with Crippen molar-refractivity contribution in [2.45, 2.75) is 19.3 Å². The first-order valence-electron chi connectivity index (χ1n) is 20.3. The summed E-state index contributed by atoms with van der Waals surface area (Å²) < 4.78 is 6.15. The molecule has 1 aromatic heterocycles. The van der Waals surface area contributed by atoms with Crippen LogP contribution in [0.25, 0.3) is 77.6 Å². The summed E-state index contributed by atoms with van der Waals surface area (Å²) in [6, 6.07) is 77.2. The normalized spacial score (nSPS) is 12.4. The van der Waals surface area contributed by atoms with Gasteiger partial charge in [0.2, 0.25) is 0 Å². The molecule has 59 heavy (non-hydrogen) atoms. The van der Waals surface area contributed by atoms with Crippen molar-refractivity contribution in [1.29, 1.82) is 0 Å². The second-order valence-corrected chi connectivity index (χ2v) is 15.8. The van der Waals surface area contributed by atoms with Gasteiger partial charge in [0.1, 0.15) is 11.2 Å². The van der Waals surface area contributed by atoms with Crippen LogP contribution in [0.3, 0.4) is 0 Å². The van der Waals surface area contributed by atoms with E-state index in [1.807, 2.05) is 18.2 Å². The summed E-state index contributed by atoms with van der Waals surface area (Å²) >= 11 is 0. The van der Waals surface area contributed by atoms with Crippen molar-refractivity contribution in [3.8, 4) is 55.6 Å². The van der Waals surface area contributed by atoms with Crippen LogP contribution in [0.1, 0.15) is 25.0 Å². The van der Waals surface area contributed by atoms with Crippen LogP contribution in [0.2, 0.25) is 0 Å². The number of para-hydroxylation sites is 2. The summed E-state index contributed by atoms with van der Waals surface area (Å²) in [5.41, 5.74) is 19.3. The highest BCUT2D eigenvalue weighted by Crippen LogP contribution is 2.50. The minimum absolute atomic E-state index is 0.0513. The number of fused-ring (bicyclic) bond motifs is 6. The molecule has 0 spiro atoms. The molecule has 0 atom stereocenters. The molecule has 0 saturated carbocycles. The summed E-state index contributed by atoms with van der Waals surface area (Å²) in [7, 11) is 0. The molecule has 0 unspecified atom stereocenters. The molecule has 0 saturated heterocycles. The molecule has 2 nitrogen and oxygen atoms in total. The van der Waals surface area contributed by atoms with Gasteiger partial charge in [-0.3, -0.25) is 0 Å². The molecule has 0 amide bonds. The summed E-state index contributed by atoms with van der Waals surface area (Å²) in [6.07, 6.45) is 0. The van der Waals surface area contributed by atoms with Crippen molar-refractivity contribution in [3.05, 3.63) is 230 Å². The smallest absolute Gasteiger partial charge is 0.143 e. The largest absolute Gasteiger partial charge is 0.455 e. The average Bonchev–Trinajstić information content (AvgIpc) is 3.79. The third-order valence-corrected chi connectivity index (χ3v) is 11.8. The minimum Gasteiger partial charge on any atom is -0.455 e. The van der Waals surface area contributed by atoms with E-state index < -0.39 is 0 Å². The SMILES string of the molecule is CC1(C)c2cc(Nc3ccc(-c4ccccc4)cc3)ccc2-c2ccc(-c3ccccc3)cc21.c1ccc(-c2ccc(-c3cccc4c3oc3ccccc34)cc2)cc1. The molecule has 1 N–H and O–H groups in total. The minimum atomic E-state index is -0.0513. The molecule has 0 bridgehead atoms. The lowest BCUT2D eigenvalue weighted by molar-refractivity contribution is 0.661. The number of rotatable bonds is 6. The van der Waals surface area contributed by atoms with Gasteiger partial charge in [-0.25, -0.2) is 0 Å². The Balaban J connectivity index is 0.000000149. The topological polar surface area (TPSA) is 25.2 Å². The first-order chi connectivity index (χ1) is 29.0. The number of furan rings is 1. The lowest BCUT2D eigenvalue weighted by Gasteiger charge is -2.23. The fourth-order valence-corrected chi connectivity index (χ4v) is 8.62. The van der Waals surface area contributed by atoms with Crippen molar-refractivity contribution in [3.63, 3.8) is 0 Å². The van der Waals surface area contributed by atoms with Gasteiger partial charge in [-0.1, -0.05) is 196 Å². The van der Waals surface area contributed by atoms with Gasteiger partial charge >= 0.3 is 0 Å². The van der Waals surface area contributed by atoms with Gasteiger partial charge in [0.25, 0.3) is 0 Å². The van der Waals surface area contributed by atoms with Gasteiger partial charge in [0.05, 0.1) is 0 Å². The Bertz CT molecular complexity index is 3050. The van der Waals surface area contributed by atoms with E-state index >= 15 is 0 Å². The van der Waals surface area contributed by atoms with E-state index in [1.165, 1.54) is 72.0 Å². The van der Waals surface area contributed by atoms with Crippen LogP contribution in [-0.4, -0.2) is 0 Å². The lowest BCUT2D eigenvalue weighted by Crippen LogP contribution is -2.15. The Labute approximate surface area is 346 Å². The summed E-state index contributed by atoms with van der Waals surface area (Å²) in [5, 5.41) is 5.95. The van der Waals surface area contributed by atoms with E-state index in [9.17, 15) is 0 Å². The van der Waals surface area contributed by atoms with E-state index in [2.05, 4.69) is 219 Å². The Hall–Kier alpha value is -7.42. The molecular weight excluding hydrogens is 715 g/mol. The van der Waals surface area contributed by atoms with Crippen molar-refractivity contribution in [1.82, 2.24) is 0 Å². The molecule has 1 aliphatic rings. The van der Waals surface area contributed by atoms with Gasteiger partial charge in [-0.05, 0) is 97.6 Å². The van der Waals surface area contributed by atoms with E-state index in [4.69, 9.17) is 4.42 Å². The first-order valence-corrected chi connectivity index (χ1v) is 20.3. The molecule has 0 aliphatic heterocycles. The molecule has 0 fully saturated rings. The van der Waals surface area contributed by atoms with Crippen molar-refractivity contribution in [2.24, 2.45) is 0 Å². The molecule has 1 aliphatic carbocycles. The van der Waals surface area contributed by atoms with Crippen LogP contribution in [0.15, 0.2) is 223 Å². The molecule has 1 heterocycles. The average molecular weight is 758 g/mol. The Morgan fingerprint density at radius 3 is 1.44 bits per heavy atom. The van der Waals surface area contributed by atoms with Gasteiger partial charge < -0.3 is 9.73 Å². The fraction of sp³-hybridized carbons (Fsp3) is 0.0526. The Morgan fingerprint density at radius 1 is 0.339 bits per heavy atom. The van der Waals surface area contributed by atoms with Crippen LogP contribution in [0.5, 0.6) is 0 Å². The number of hydrogen-bond donors (Lipinski definition) is 1. The summed E-state index contributed by atoms with van der Waals surface area (Å²) in [4.78, 5) is 0. The zero-order valence-electron chi connectivity index (χ0n) is 33.2. The first kappa shape index (κ1) is 36.0.